The summed E-state index contributed by atoms with van der Waals surface area (Å²) in [5.41, 5.74) is 8.91. The molecule has 1 aromatic carbocycles. The zero-order chi connectivity index (χ0) is 11.1. The van der Waals surface area contributed by atoms with E-state index in [0.29, 0.717) is 5.92 Å². The molecule has 0 bridgehead atoms. The first-order chi connectivity index (χ1) is 7.04. The maximum absolute atomic E-state index is 5.99. The normalized spacial score (nSPS) is 20.4. The van der Waals surface area contributed by atoms with Crippen molar-refractivity contribution in [2.24, 2.45) is 11.1 Å². The third-order valence-corrected chi connectivity index (χ3v) is 3.89. The molecular formula is C13H18ClN. The summed E-state index contributed by atoms with van der Waals surface area (Å²) in [5, 5.41) is 0.847. The average Bonchev–Trinajstić information content (AvgIpc) is 2.61. The highest BCUT2D eigenvalue weighted by molar-refractivity contribution is 6.30. The minimum absolute atomic E-state index is 0.194. The summed E-state index contributed by atoms with van der Waals surface area (Å²) >= 11 is 5.99. The van der Waals surface area contributed by atoms with Crippen LogP contribution in [0.25, 0.3) is 0 Å². The summed E-state index contributed by atoms with van der Waals surface area (Å²) < 4.78 is 0. The van der Waals surface area contributed by atoms with E-state index in [0.717, 1.165) is 18.0 Å². The van der Waals surface area contributed by atoms with Gasteiger partial charge in [0.1, 0.15) is 0 Å². The van der Waals surface area contributed by atoms with Gasteiger partial charge in [-0.1, -0.05) is 31.5 Å². The van der Waals surface area contributed by atoms with Crippen molar-refractivity contribution in [2.45, 2.75) is 32.6 Å². The molecule has 82 valence electrons. The fourth-order valence-electron chi connectivity index (χ4n) is 2.54. The van der Waals surface area contributed by atoms with E-state index in [-0.39, 0.29) is 5.41 Å². The van der Waals surface area contributed by atoms with Crippen molar-refractivity contribution in [3.05, 3.63) is 34.3 Å². The van der Waals surface area contributed by atoms with E-state index in [2.05, 4.69) is 26.0 Å². The lowest BCUT2D eigenvalue weighted by Gasteiger charge is -2.30. The van der Waals surface area contributed by atoms with E-state index in [9.17, 15) is 0 Å². The van der Waals surface area contributed by atoms with Crippen LogP contribution in [-0.4, -0.2) is 6.54 Å². The first kappa shape index (κ1) is 11.0. The standard InChI is InChI=1S/C13H18ClN/c1-13(2,8-15)12-6-3-9-7-10(14)4-5-11(9)12/h4-5,7,12H,3,6,8,15H2,1-2H3. The summed E-state index contributed by atoms with van der Waals surface area (Å²) in [7, 11) is 0. The van der Waals surface area contributed by atoms with Gasteiger partial charge in [-0.15, -0.1) is 0 Å². The molecule has 0 saturated heterocycles. The van der Waals surface area contributed by atoms with Gasteiger partial charge >= 0.3 is 0 Å². The van der Waals surface area contributed by atoms with Crippen LogP contribution in [-0.2, 0) is 6.42 Å². The van der Waals surface area contributed by atoms with Crippen molar-refractivity contribution in [2.75, 3.05) is 6.54 Å². The molecule has 0 fully saturated rings. The summed E-state index contributed by atoms with van der Waals surface area (Å²) in [4.78, 5) is 0. The van der Waals surface area contributed by atoms with Crippen LogP contribution in [0, 0.1) is 5.41 Å². The second kappa shape index (κ2) is 3.80. The Balaban J connectivity index is 2.37. The Bertz CT molecular complexity index is 371. The van der Waals surface area contributed by atoms with Gasteiger partial charge in [-0.3, -0.25) is 0 Å². The third-order valence-electron chi connectivity index (χ3n) is 3.65. The Morgan fingerprint density at radius 3 is 2.87 bits per heavy atom. The molecule has 0 saturated carbocycles. The molecular weight excluding hydrogens is 206 g/mol. The molecule has 1 aromatic rings. The van der Waals surface area contributed by atoms with Crippen molar-refractivity contribution in [3.8, 4) is 0 Å². The van der Waals surface area contributed by atoms with Gasteiger partial charge in [0.2, 0.25) is 0 Å². The van der Waals surface area contributed by atoms with Gasteiger partial charge in [-0.25, -0.2) is 0 Å². The number of hydrogen-bond acceptors (Lipinski definition) is 1. The van der Waals surface area contributed by atoms with Crippen molar-refractivity contribution in [1.29, 1.82) is 0 Å². The number of nitrogens with two attached hydrogens (primary N) is 1. The summed E-state index contributed by atoms with van der Waals surface area (Å²) in [6.07, 6.45) is 2.35. The van der Waals surface area contributed by atoms with Gasteiger partial charge in [0.15, 0.2) is 0 Å². The number of aryl methyl sites for hydroxylation is 1. The molecule has 1 atom stereocenters. The molecule has 0 aromatic heterocycles. The first-order valence-corrected chi connectivity index (χ1v) is 5.91. The van der Waals surface area contributed by atoms with Crippen LogP contribution in [0.1, 0.15) is 37.3 Å². The number of rotatable bonds is 2. The summed E-state index contributed by atoms with van der Waals surface area (Å²) in [6, 6.07) is 6.27. The predicted molar refractivity (Wildman–Crippen MR) is 65.3 cm³/mol. The van der Waals surface area contributed by atoms with Crippen LogP contribution in [0.2, 0.25) is 5.02 Å². The average molecular weight is 224 g/mol. The van der Waals surface area contributed by atoms with E-state index in [1.807, 2.05) is 6.07 Å². The number of fused-ring (bicyclic) bond motifs is 1. The van der Waals surface area contributed by atoms with E-state index in [1.54, 1.807) is 0 Å². The van der Waals surface area contributed by atoms with Gasteiger partial charge in [0.25, 0.3) is 0 Å². The van der Waals surface area contributed by atoms with Crippen molar-refractivity contribution in [1.82, 2.24) is 0 Å². The molecule has 0 radical (unpaired) electrons. The van der Waals surface area contributed by atoms with Gasteiger partial charge in [0.05, 0.1) is 0 Å². The summed E-state index contributed by atoms with van der Waals surface area (Å²) in [6.45, 7) is 5.24. The fraction of sp³-hybridized carbons (Fsp3) is 0.538. The zero-order valence-corrected chi connectivity index (χ0v) is 10.1. The quantitative estimate of drug-likeness (QED) is 0.818. The van der Waals surface area contributed by atoms with Crippen LogP contribution in [0.3, 0.4) is 0 Å². The second-order valence-electron chi connectivity index (χ2n) is 5.13. The molecule has 2 rings (SSSR count). The van der Waals surface area contributed by atoms with Crippen LogP contribution in [0.4, 0.5) is 0 Å². The summed E-state index contributed by atoms with van der Waals surface area (Å²) in [5.74, 6) is 0.592. The minimum Gasteiger partial charge on any atom is -0.330 e. The Morgan fingerprint density at radius 1 is 1.47 bits per heavy atom. The Labute approximate surface area is 96.6 Å². The lowest BCUT2D eigenvalue weighted by Crippen LogP contribution is -2.29. The van der Waals surface area contributed by atoms with Crippen LogP contribution >= 0.6 is 11.6 Å². The predicted octanol–water partition coefficient (Wildman–Crippen LogP) is 3.35. The van der Waals surface area contributed by atoms with Gasteiger partial charge in [-0.05, 0) is 54.0 Å². The molecule has 0 aliphatic heterocycles. The molecule has 15 heavy (non-hydrogen) atoms. The second-order valence-corrected chi connectivity index (χ2v) is 5.56. The topological polar surface area (TPSA) is 26.0 Å². The van der Waals surface area contributed by atoms with Gasteiger partial charge < -0.3 is 5.73 Å². The fourth-order valence-corrected chi connectivity index (χ4v) is 2.73. The highest BCUT2D eigenvalue weighted by Crippen LogP contribution is 2.44. The maximum atomic E-state index is 5.99. The Kier molecular flexibility index (Phi) is 2.78. The van der Waals surface area contributed by atoms with E-state index in [4.69, 9.17) is 17.3 Å². The lowest BCUT2D eigenvalue weighted by molar-refractivity contribution is 0.294. The van der Waals surface area contributed by atoms with Crippen LogP contribution < -0.4 is 5.73 Å². The molecule has 1 aliphatic carbocycles. The van der Waals surface area contributed by atoms with Crippen LogP contribution in [0.5, 0.6) is 0 Å². The van der Waals surface area contributed by atoms with Crippen molar-refractivity contribution < 1.29 is 0 Å². The van der Waals surface area contributed by atoms with Crippen molar-refractivity contribution >= 4 is 11.6 Å². The van der Waals surface area contributed by atoms with Gasteiger partial charge in [0, 0.05) is 5.02 Å². The largest absolute Gasteiger partial charge is 0.330 e. The van der Waals surface area contributed by atoms with E-state index < -0.39 is 0 Å². The number of hydrogen-bond donors (Lipinski definition) is 1. The Hall–Kier alpha value is -0.530. The van der Waals surface area contributed by atoms with Gasteiger partial charge in [-0.2, -0.15) is 0 Å². The third kappa shape index (κ3) is 1.91. The molecule has 1 aliphatic rings. The molecule has 0 heterocycles. The van der Waals surface area contributed by atoms with Crippen LogP contribution in [0.15, 0.2) is 18.2 Å². The SMILES string of the molecule is CC(C)(CN)C1CCc2cc(Cl)ccc21. The maximum Gasteiger partial charge on any atom is 0.0408 e. The zero-order valence-electron chi connectivity index (χ0n) is 9.39. The Morgan fingerprint density at radius 2 is 2.20 bits per heavy atom. The minimum atomic E-state index is 0.194. The molecule has 2 N–H and O–H groups in total. The monoisotopic (exact) mass is 223 g/mol. The smallest absolute Gasteiger partial charge is 0.0408 e. The highest BCUT2D eigenvalue weighted by atomic mass is 35.5. The molecule has 0 amide bonds. The molecule has 0 spiro atoms. The number of halogens is 1. The highest BCUT2D eigenvalue weighted by Gasteiger charge is 2.34. The molecule has 2 heteroatoms. The first-order valence-electron chi connectivity index (χ1n) is 5.53. The van der Waals surface area contributed by atoms with E-state index in [1.165, 1.54) is 17.5 Å². The van der Waals surface area contributed by atoms with E-state index >= 15 is 0 Å². The molecule has 1 unspecified atom stereocenters. The van der Waals surface area contributed by atoms with Crippen molar-refractivity contribution in [3.63, 3.8) is 0 Å². The number of benzene rings is 1. The lowest BCUT2D eigenvalue weighted by atomic mass is 9.76. The molecule has 1 nitrogen and oxygen atoms in total.